The van der Waals surface area contributed by atoms with Gasteiger partial charge in [-0.05, 0) is 37.8 Å². The first-order valence-corrected chi connectivity index (χ1v) is 10.4. The second-order valence-electron chi connectivity index (χ2n) is 7.00. The number of hydrogen-bond acceptors (Lipinski definition) is 4. The van der Waals surface area contributed by atoms with Crippen LogP contribution in [0.3, 0.4) is 0 Å². The molecule has 0 aromatic heterocycles. The van der Waals surface area contributed by atoms with Crippen molar-refractivity contribution >= 4 is 21.7 Å². The third-order valence-electron chi connectivity index (χ3n) is 4.45. The van der Waals surface area contributed by atoms with Crippen LogP contribution in [0.25, 0.3) is 0 Å². The van der Waals surface area contributed by atoms with Gasteiger partial charge in [0.15, 0.2) is 0 Å². The first kappa shape index (κ1) is 19.4. The largest absolute Gasteiger partial charge is 0.352 e. The van der Waals surface area contributed by atoms with Crippen molar-refractivity contribution in [1.29, 1.82) is 0 Å². The van der Waals surface area contributed by atoms with Crippen LogP contribution in [-0.2, 0) is 14.6 Å². The van der Waals surface area contributed by atoms with E-state index in [1.165, 1.54) is 0 Å². The summed E-state index contributed by atoms with van der Waals surface area (Å²) in [7, 11) is -2.97. The highest BCUT2D eigenvalue weighted by Crippen LogP contribution is 2.13. The third-order valence-corrected chi connectivity index (χ3v) is 6.17. The molecule has 1 aromatic carbocycles. The fraction of sp³-hybridized carbons (Fsp3) is 0.556. The number of sulfone groups is 1. The van der Waals surface area contributed by atoms with Gasteiger partial charge in [0.2, 0.25) is 5.91 Å². The van der Waals surface area contributed by atoms with Crippen molar-refractivity contribution in [3.05, 3.63) is 35.4 Å². The molecular weight excluding hydrogens is 340 g/mol. The number of hydrogen-bond donors (Lipinski definition) is 2. The minimum Gasteiger partial charge on any atom is -0.352 e. The molecule has 2 amide bonds. The molecule has 1 fully saturated rings. The van der Waals surface area contributed by atoms with E-state index < -0.39 is 15.9 Å². The highest BCUT2D eigenvalue weighted by molar-refractivity contribution is 7.91. The summed E-state index contributed by atoms with van der Waals surface area (Å²) in [6.45, 7) is 5.67. The van der Waals surface area contributed by atoms with Gasteiger partial charge in [0.05, 0.1) is 11.5 Å². The van der Waals surface area contributed by atoms with Gasteiger partial charge in [0, 0.05) is 11.6 Å². The summed E-state index contributed by atoms with van der Waals surface area (Å²) in [4.78, 5) is 24.9. The summed E-state index contributed by atoms with van der Waals surface area (Å²) in [5, 5.41) is 5.67. The van der Waals surface area contributed by atoms with Gasteiger partial charge in [-0.15, -0.1) is 0 Å². The van der Waals surface area contributed by atoms with E-state index in [-0.39, 0.29) is 35.3 Å². The lowest BCUT2D eigenvalue weighted by atomic mass is 10.0. The smallest absolute Gasteiger partial charge is 0.251 e. The average molecular weight is 366 g/mol. The molecule has 1 saturated heterocycles. The lowest BCUT2D eigenvalue weighted by molar-refractivity contribution is -0.124. The Kier molecular flexibility index (Phi) is 6.21. The SMILES string of the molecule is Cc1ccc(C(=O)NC(C(=O)NC2CCS(=O)(=O)CC2)C(C)C)cc1. The molecule has 0 aliphatic carbocycles. The minimum atomic E-state index is -2.97. The molecule has 2 rings (SSSR count). The van der Waals surface area contributed by atoms with Crippen LogP contribution in [0.15, 0.2) is 24.3 Å². The van der Waals surface area contributed by atoms with Crippen molar-refractivity contribution in [3.63, 3.8) is 0 Å². The van der Waals surface area contributed by atoms with Crippen molar-refractivity contribution < 1.29 is 18.0 Å². The molecular formula is C18H26N2O4S. The zero-order valence-corrected chi connectivity index (χ0v) is 15.7. The lowest BCUT2D eigenvalue weighted by Gasteiger charge is -2.27. The number of amides is 2. The summed E-state index contributed by atoms with van der Waals surface area (Å²) >= 11 is 0. The topological polar surface area (TPSA) is 92.3 Å². The molecule has 1 heterocycles. The van der Waals surface area contributed by atoms with Crippen LogP contribution < -0.4 is 10.6 Å². The Bertz CT molecular complexity index is 712. The maximum Gasteiger partial charge on any atom is 0.251 e. The maximum atomic E-state index is 12.6. The van der Waals surface area contributed by atoms with E-state index in [9.17, 15) is 18.0 Å². The third kappa shape index (κ3) is 5.56. The van der Waals surface area contributed by atoms with Gasteiger partial charge in [-0.25, -0.2) is 8.42 Å². The van der Waals surface area contributed by atoms with Crippen LogP contribution in [0.4, 0.5) is 0 Å². The van der Waals surface area contributed by atoms with E-state index in [1.807, 2.05) is 32.9 Å². The Morgan fingerprint density at radius 1 is 1.08 bits per heavy atom. The van der Waals surface area contributed by atoms with Gasteiger partial charge in [-0.1, -0.05) is 31.5 Å². The second-order valence-corrected chi connectivity index (χ2v) is 9.30. The van der Waals surface area contributed by atoms with Crippen LogP contribution in [0, 0.1) is 12.8 Å². The summed E-state index contributed by atoms with van der Waals surface area (Å²) in [6.07, 6.45) is 0.843. The molecule has 0 saturated carbocycles. The lowest BCUT2D eigenvalue weighted by Crippen LogP contribution is -2.53. The summed E-state index contributed by atoms with van der Waals surface area (Å²) in [5.74, 6) is -0.443. The quantitative estimate of drug-likeness (QED) is 0.825. The fourth-order valence-corrected chi connectivity index (χ4v) is 4.28. The Balaban J connectivity index is 1.98. The normalized spacial score (nSPS) is 18.6. The van der Waals surface area contributed by atoms with Gasteiger partial charge in [0.25, 0.3) is 5.91 Å². The molecule has 1 aliphatic heterocycles. The van der Waals surface area contributed by atoms with Crippen molar-refractivity contribution in [3.8, 4) is 0 Å². The van der Waals surface area contributed by atoms with Crippen molar-refractivity contribution in [1.82, 2.24) is 10.6 Å². The highest BCUT2D eigenvalue weighted by Gasteiger charge is 2.29. The standard InChI is InChI=1S/C18H26N2O4S/c1-12(2)16(20-17(21)14-6-4-13(3)5-7-14)18(22)19-15-8-10-25(23,24)11-9-15/h4-7,12,15-16H,8-11H2,1-3H3,(H,19,22)(H,20,21). The zero-order valence-electron chi connectivity index (χ0n) is 14.9. The van der Waals surface area contributed by atoms with E-state index in [4.69, 9.17) is 0 Å². The van der Waals surface area contributed by atoms with Gasteiger partial charge in [-0.3, -0.25) is 9.59 Å². The van der Waals surface area contributed by atoms with E-state index in [0.717, 1.165) is 5.56 Å². The first-order valence-electron chi connectivity index (χ1n) is 8.56. The predicted octanol–water partition coefficient (Wildman–Crippen LogP) is 1.44. The minimum absolute atomic E-state index is 0.0817. The molecule has 6 nitrogen and oxygen atoms in total. The van der Waals surface area contributed by atoms with Crippen LogP contribution in [0.5, 0.6) is 0 Å². The van der Waals surface area contributed by atoms with Crippen molar-refractivity contribution in [2.24, 2.45) is 5.92 Å². The molecule has 0 radical (unpaired) electrons. The van der Waals surface area contributed by atoms with Gasteiger partial charge >= 0.3 is 0 Å². The number of carbonyl (C=O) groups is 2. The Morgan fingerprint density at radius 3 is 2.16 bits per heavy atom. The number of nitrogens with one attached hydrogen (secondary N) is 2. The molecule has 1 aliphatic rings. The maximum absolute atomic E-state index is 12.6. The first-order chi connectivity index (χ1) is 11.7. The number of carbonyl (C=O) groups excluding carboxylic acids is 2. The second kappa shape index (κ2) is 7.99. The predicted molar refractivity (Wildman–Crippen MR) is 97.1 cm³/mol. The Hall–Kier alpha value is -1.89. The Morgan fingerprint density at radius 2 is 1.64 bits per heavy atom. The number of rotatable bonds is 5. The van der Waals surface area contributed by atoms with Crippen molar-refractivity contribution in [2.75, 3.05) is 11.5 Å². The summed E-state index contributed by atoms with van der Waals surface area (Å²) < 4.78 is 23.0. The molecule has 1 unspecified atom stereocenters. The van der Waals surface area contributed by atoms with E-state index in [2.05, 4.69) is 10.6 Å². The van der Waals surface area contributed by atoms with E-state index in [1.54, 1.807) is 12.1 Å². The Labute approximate surface area is 149 Å². The molecule has 2 N–H and O–H groups in total. The average Bonchev–Trinajstić information content (AvgIpc) is 2.54. The summed E-state index contributed by atoms with van der Waals surface area (Å²) in [5.41, 5.74) is 1.56. The van der Waals surface area contributed by atoms with Gasteiger partial charge in [0.1, 0.15) is 15.9 Å². The monoisotopic (exact) mass is 366 g/mol. The van der Waals surface area contributed by atoms with Gasteiger partial charge in [-0.2, -0.15) is 0 Å². The molecule has 1 aromatic rings. The van der Waals surface area contributed by atoms with Crippen LogP contribution in [-0.4, -0.2) is 43.8 Å². The summed E-state index contributed by atoms with van der Waals surface area (Å²) in [6, 6.07) is 6.34. The number of benzene rings is 1. The van der Waals surface area contributed by atoms with Gasteiger partial charge < -0.3 is 10.6 Å². The molecule has 1 atom stereocenters. The molecule has 0 bridgehead atoms. The molecule has 0 spiro atoms. The molecule has 138 valence electrons. The van der Waals surface area contributed by atoms with Crippen molar-refractivity contribution in [2.45, 2.75) is 45.7 Å². The number of aryl methyl sites for hydroxylation is 1. The fourth-order valence-electron chi connectivity index (χ4n) is 2.79. The van der Waals surface area contributed by atoms with Crippen LogP contribution >= 0.6 is 0 Å². The van der Waals surface area contributed by atoms with E-state index >= 15 is 0 Å². The van der Waals surface area contributed by atoms with E-state index in [0.29, 0.717) is 18.4 Å². The van der Waals surface area contributed by atoms with Crippen LogP contribution in [0.2, 0.25) is 0 Å². The molecule has 7 heteroatoms. The highest BCUT2D eigenvalue weighted by atomic mass is 32.2. The zero-order chi connectivity index (χ0) is 18.6. The molecule has 25 heavy (non-hydrogen) atoms. The van der Waals surface area contributed by atoms with Crippen LogP contribution in [0.1, 0.15) is 42.6 Å².